The van der Waals surface area contributed by atoms with Crippen molar-refractivity contribution >= 4 is 5.91 Å². The molecule has 6 nitrogen and oxygen atoms in total. The van der Waals surface area contributed by atoms with Gasteiger partial charge in [-0.15, -0.1) is 0 Å². The summed E-state index contributed by atoms with van der Waals surface area (Å²) >= 11 is 0. The summed E-state index contributed by atoms with van der Waals surface area (Å²) < 4.78 is 6.46. The van der Waals surface area contributed by atoms with Crippen LogP contribution in [0.4, 0.5) is 0 Å². The lowest BCUT2D eigenvalue weighted by Crippen LogP contribution is -2.27. The molecule has 1 heterocycles. The van der Waals surface area contributed by atoms with Crippen molar-refractivity contribution in [2.24, 2.45) is 0 Å². The third-order valence-electron chi connectivity index (χ3n) is 2.28. The maximum Gasteiger partial charge on any atom is 0.293 e. The smallest absolute Gasteiger partial charge is 0.293 e. The van der Waals surface area contributed by atoms with Gasteiger partial charge in [0.25, 0.3) is 5.91 Å². The molecule has 0 unspecified atom stereocenters. The normalized spacial score (nSPS) is 10.5. The Morgan fingerprint density at radius 2 is 2.24 bits per heavy atom. The van der Waals surface area contributed by atoms with Gasteiger partial charge in [0.15, 0.2) is 0 Å². The van der Waals surface area contributed by atoms with Gasteiger partial charge in [-0.05, 0) is 19.4 Å². The van der Waals surface area contributed by atoms with E-state index in [9.17, 15) is 4.79 Å². The van der Waals surface area contributed by atoms with Gasteiger partial charge in [-0.3, -0.25) is 14.3 Å². The number of methoxy groups -OCH3 is 1. The third kappa shape index (κ3) is 3.83. The highest BCUT2D eigenvalue weighted by Crippen LogP contribution is 2.05. The van der Waals surface area contributed by atoms with Crippen LogP contribution in [-0.4, -0.2) is 36.0 Å². The maximum absolute atomic E-state index is 11.8. The maximum atomic E-state index is 11.8. The van der Waals surface area contributed by atoms with Crippen LogP contribution >= 0.6 is 0 Å². The van der Waals surface area contributed by atoms with Crippen molar-refractivity contribution in [3.05, 3.63) is 17.5 Å². The minimum Gasteiger partial charge on any atom is -0.382 e. The van der Waals surface area contributed by atoms with Gasteiger partial charge in [0.1, 0.15) is 5.69 Å². The van der Waals surface area contributed by atoms with Gasteiger partial charge < -0.3 is 4.74 Å². The molecule has 1 aromatic heterocycles. The van der Waals surface area contributed by atoms with E-state index in [2.05, 4.69) is 10.6 Å². The third-order valence-corrected chi connectivity index (χ3v) is 2.28. The first kappa shape index (κ1) is 13.7. The molecule has 1 aromatic rings. The highest BCUT2D eigenvalue weighted by Gasteiger charge is 2.13. The van der Waals surface area contributed by atoms with E-state index in [0.717, 1.165) is 12.1 Å². The SMILES string of the molecule is CCc1cc(C(=O)NOCCOC)n(CC)n1. The molecule has 0 fully saturated rings. The number of carbonyl (C=O) groups is 1. The number of carbonyl (C=O) groups excluding carboxylic acids is 1. The Hall–Kier alpha value is -1.40. The van der Waals surface area contributed by atoms with Crippen LogP contribution in [0.15, 0.2) is 6.07 Å². The summed E-state index contributed by atoms with van der Waals surface area (Å²) in [7, 11) is 1.57. The molecule has 0 aliphatic rings. The number of nitrogens with zero attached hydrogens (tertiary/aromatic N) is 2. The summed E-state index contributed by atoms with van der Waals surface area (Å²) in [6.07, 6.45) is 0.803. The van der Waals surface area contributed by atoms with E-state index in [-0.39, 0.29) is 5.91 Å². The van der Waals surface area contributed by atoms with E-state index in [1.54, 1.807) is 17.9 Å². The summed E-state index contributed by atoms with van der Waals surface area (Å²) in [5.74, 6) is -0.282. The molecule has 0 atom stereocenters. The zero-order valence-electron chi connectivity index (χ0n) is 10.5. The van der Waals surface area contributed by atoms with Crippen molar-refractivity contribution in [1.29, 1.82) is 0 Å². The average Bonchev–Trinajstić information content (AvgIpc) is 2.77. The molecule has 0 aliphatic carbocycles. The second kappa shape index (κ2) is 7.03. The summed E-state index contributed by atoms with van der Waals surface area (Å²) in [4.78, 5) is 16.7. The predicted molar refractivity (Wildman–Crippen MR) is 62.6 cm³/mol. The van der Waals surface area contributed by atoms with Gasteiger partial charge in [-0.2, -0.15) is 5.10 Å². The molecule has 0 radical (unpaired) electrons. The molecule has 0 spiro atoms. The average molecular weight is 241 g/mol. The van der Waals surface area contributed by atoms with Crippen LogP contribution in [-0.2, 0) is 22.5 Å². The fourth-order valence-electron chi connectivity index (χ4n) is 1.36. The van der Waals surface area contributed by atoms with Gasteiger partial charge >= 0.3 is 0 Å². The molecular formula is C11H19N3O3. The molecule has 1 amide bonds. The summed E-state index contributed by atoms with van der Waals surface area (Å²) in [6, 6.07) is 1.78. The Morgan fingerprint density at radius 1 is 1.47 bits per heavy atom. The number of hydrogen-bond acceptors (Lipinski definition) is 4. The van der Waals surface area contributed by atoms with Crippen LogP contribution in [0.3, 0.4) is 0 Å². The van der Waals surface area contributed by atoms with E-state index in [1.807, 2.05) is 13.8 Å². The van der Waals surface area contributed by atoms with Crippen LogP contribution in [0.5, 0.6) is 0 Å². The van der Waals surface area contributed by atoms with Crippen molar-refractivity contribution in [3.63, 3.8) is 0 Å². The Bertz CT molecular complexity index is 363. The fraction of sp³-hybridized carbons (Fsp3) is 0.636. The van der Waals surface area contributed by atoms with Crippen LogP contribution < -0.4 is 5.48 Å². The second-order valence-electron chi connectivity index (χ2n) is 3.46. The minimum absolute atomic E-state index is 0.282. The number of nitrogens with one attached hydrogen (secondary N) is 1. The molecule has 1 N–H and O–H groups in total. The summed E-state index contributed by atoms with van der Waals surface area (Å²) in [5.41, 5.74) is 3.78. The number of amides is 1. The van der Waals surface area contributed by atoms with Crippen LogP contribution in [0.1, 0.15) is 30.0 Å². The quantitative estimate of drug-likeness (QED) is 0.565. The zero-order valence-corrected chi connectivity index (χ0v) is 10.5. The minimum atomic E-state index is -0.282. The van der Waals surface area contributed by atoms with E-state index in [1.165, 1.54) is 0 Å². The van der Waals surface area contributed by atoms with Crippen LogP contribution in [0.25, 0.3) is 0 Å². The predicted octanol–water partition coefficient (Wildman–Crippen LogP) is 0.773. The van der Waals surface area contributed by atoms with Crippen LogP contribution in [0, 0.1) is 0 Å². The lowest BCUT2D eigenvalue weighted by molar-refractivity contribution is 0.00826. The molecule has 0 saturated carbocycles. The molecule has 0 aromatic carbocycles. The van der Waals surface area contributed by atoms with E-state index < -0.39 is 0 Å². The molecule has 1 rings (SSSR count). The first-order chi connectivity index (χ1) is 8.22. The van der Waals surface area contributed by atoms with Crippen molar-refractivity contribution in [3.8, 4) is 0 Å². The Morgan fingerprint density at radius 3 is 2.82 bits per heavy atom. The van der Waals surface area contributed by atoms with E-state index >= 15 is 0 Å². The highest BCUT2D eigenvalue weighted by atomic mass is 16.7. The van der Waals surface area contributed by atoms with Gasteiger partial charge in [-0.25, -0.2) is 5.48 Å². The monoisotopic (exact) mass is 241 g/mol. The van der Waals surface area contributed by atoms with Gasteiger partial charge in [0.05, 0.1) is 18.9 Å². The number of rotatable bonds is 7. The van der Waals surface area contributed by atoms with Gasteiger partial charge in [0.2, 0.25) is 0 Å². The first-order valence-electron chi connectivity index (χ1n) is 5.70. The Kier molecular flexibility index (Phi) is 5.65. The largest absolute Gasteiger partial charge is 0.382 e. The molecule has 6 heteroatoms. The Balaban J connectivity index is 2.58. The lowest BCUT2D eigenvalue weighted by atomic mass is 10.3. The van der Waals surface area contributed by atoms with E-state index in [4.69, 9.17) is 9.57 Å². The highest BCUT2D eigenvalue weighted by molar-refractivity contribution is 5.91. The number of ether oxygens (including phenoxy) is 1. The second-order valence-corrected chi connectivity index (χ2v) is 3.46. The van der Waals surface area contributed by atoms with Crippen molar-refractivity contribution in [2.75, 3.05) is 20.3 Å². The lowest BCUT2D eigenvalue weighted by Gasteiger charge is -2.06. The number of aryl methyl sites for hydroxylation is 2. The van der Waals surface area contributed by atoms with Crippen LogP contribution in [0.2, 0.25) is 0 Å². The molecule has 96 valence electrons. The van der Waals surface area contributed by atoms with Gasteiger partial charge in [0, 0.05) is 13.7 Å². The summed E-state index contributed by atoms with van der Waals surface area (Å²) in [5, 5.41) is 4.29. The fourth-order valence-corrected chi connectivity index (χ4v) is 1.36. The molecule has 0 saturated heterocycles. The summed E-state index contributed by atoms with van der Waals surface area (Å²) in [6.45, 7) is 5.35. The van der Waals surface area contributed by atoms with E-state index in [0.29, 0.717) is 25.5 Å². The standard InChI is InChI=1S/C11H19N3O3/c1-4-9-8-10(14(5-2)12-9)11(15)13-17-7-6-16-3/h8H,4-7H2,1-3H3,(H,13,15). The van der Waals surface area contributed by atoms with Crippen molar-refractivity contribution < 1.29 is 14.4 Å². The number of aromatic nitrogens is 2. The van der Waals surface area contributed by atoms with Gasteiger partial charge in [-0.1, -0.05) is 6.92 Å². The molecule has 0 bridgehead atoms. The van der Waals surface area contributed by atoms with Crippen molar-refractivity contribution in [1.82, 2.24) is 15.3 Å². The molecule has 0 aliphatic heterocycles. The molecular weight excluding hydrogens is 222 g/mol. The molecule has 17 heavy (non-hydrogen) atoms. The first-order valence-corrected chi connectivity index (χ1v) is 5.70. The van der Waals surface area contributed by atoms with Crippen molar-refractivity contribution in [2.45, 2.75) is 26.8 Å². The zero-order chi connectivity index (χ0) is 12.7. The number of hydroxylamine groups is 1. The number of hydrogen-bond donors (Lipinski definition) is 1. The Labute approximate surface area is 101 Å². The topological polar surface area (TPSA) is 65.4 Å².